The molecule has 19 heavy (non-hydrogen) atoms. The first-order valence-electron chi connectivity index (χ1n) is 7.26. The number of rotatable bonds is 5. The number of carbonyl (C=O) groups is 1. The number of nitrogens with one attached hydrogen (secondary N) is 2. The fraction of sp³-hybridized carbons (Fsp3) is 0.714. The Morgan fingerprint density at radius 1 is 1.58 bits per heavy atom. The predicted octanol–water partition coefficient (Wildman–Crippen LogP) is 2.18. The number of hydrogen-bond donors (Lipinski definition) is 2. The standard InChI is InChI=1S/C14H24N4O/c1-3-4-11(2)14(19)17-12-9-16-18(10-12)13-5-7-15-8-6-13/h9-11,13,15H,3-8H2,1-2H3,(H,17,19). The first-order valence-corrected chi connectivity index (χ1v) is 7.26. The summed E-state index contributed by atoms with van der Waals surface area (Å²) in [6.45, 7) is 6.15. The maximum absolute atomic E-state index is 11.9. The molecule has 0 spiro atoms. The Morgan fingerprint density at radius 2 is 2.32 bits per heavy atom. The van der Waals surface area contributed by atoms with Gasteiger partial charge in [-0.05, 0) is 32.4 Å². The van der Waals surface area contributed by atoms with Crippen molar-refractivity contribution in [3.05, 3.63) is 12.4 Å². The zero-order chi connectivity index (χ0) is 13.7. The van der Waals surface area contributed by atoms with E-state index in [1.54, 1.807) is 6.20 Å². The fourth-order valence-corrected chi connectivity index (χ4v) is 2.50. The molecule has 1 aromatic rings. The van der Waals surface area contributed by atoms with Crippen LogP contribution < -0.4 is 10.6 Å². The Bertz CT molecular complexity index is 409. The minimum Gasteiger partial charge on any atom is -0.323 e. The highest BCUT2D eigenvalue weighted by molar-refractivity contribution is 5.91. The van der Waals surface area contributed by atoms with Crippen molar-refractivity contribution >= 4 is 11.6 Å². The summed E-state index contributed by atoms with van der Waals surface area (Å²) in [5.41, 5.74) is 0.812. The molecule has 2 rings (SSSR count). The summed E-state index contributed by atoms with van der Waals surface area (Å²) in [5.74, 6) is 0.152. The molecule has 5 nitrogen and oxygen atoms in total. The van der Waals surface area contributed by atoms with E-state index in [-0.39, 0.29) is 11.8 Å². The van der Waals surface area contributed by atoms with E-state index in [0.717, 1.165) is 44.5 Å². The van der Waals surface area contributed by atoms with Gasteiger partial charge in [-0.15, -0.1) is 0 Å². The van der Waals surface area contributed by atoms with Gasteiger partial charge in [0.1, 0.15) is 0 Å². The van der Waals surface area contributed by atoms with Crippen LogP contribution in [0.15, 0.2) is 12.4 Å². The molecule has 1 fully saturated rings. The van der Waals surface area contributed by atoms with Gasteiger partial charge < -0.3 is 10.6 Å². The molecule has 1 aromatic heterocycles. The van der Waals surface area contributed by atoms with Crippen molar-refractivity contribution in [3.63, 3.8) is 0 Å². The minimum atomic E-state index is 0.0623. The molecular weight excluding hydrogens is 240 g/mol. The monoisotopic (exact) mass is 264 g/mol. The zero-order valence-electron chi connectivity index (χ0n) is 11.9. The topological polar surface area (TPSA) is 59.0 Å². The van der Waals surface area contributed by atoms with Crippen LogP contribution in [0, 0.1) is 5.92 Å². The summed E-state index contributed by atoms with van der Waals surface area (Å²) in [5, 5.41) is 10.7. The lowest BCUT2D eigenvalue weighted by Gasteiger charge is -2.22. The predicted molar refractivity (Wildman–Crippen MR) is 76.1 cm³/mol. The number of anilines is 1. The highest BCUT2D eigenvalue weighted by atomic mass is 16.1. The van der Waals surface area contributed by atoms with E-state index in [2.05, 4.69) is 22.7 Å². The van der Waals surface area contributed by atoms with Gasteiger partial charge in [0.05, 0.1) is 17.9 Å². The van der Waals surface area contributed by atoms with E-state index in [0.29, 0.717) is 6.04 Å². The van der Waals surface area contributed by atoms with Gasteiger partial charge in [-0.3, -0.25) is 9.48 Å². The van der Waals surface area contributed by atoms with Gasteiger partial charge in [-0.25, -0.2) is 0 Å². The van der Waals surface area contributed by atoms with Crippen LogP contribution in [-0.2, 0) is 4.79 Å². The smallest absolute Gasteiger partial charge is 0.227 e. The summed E-state index contributed by atoms with van der Waals surface area (Å²) < 4.78 is 1.99. The van der Waals surface area contributed by atoms with Crippen molar-refractivity contribution < 1.29 is 4.79 Å². The molecule has 1 atom stereocenters. The first-order chi connectivity index (χ1) is 9.20. The van der Waals surface area contributed by atoms with Crippen LogP contribution in [0.2, 0.25) is 0 Å². The normalized spacial score (nSPS) is 18.2. The van der Waals surface area contributed by atoms with Gasteiger partial charge in [0, 0.05) is 12.1 Å². The third-order valence-corrected chi connectivity index (χ3v) is 3.72. The van der Waals surface area contributed by atoms with E-state index in [1.165, 1.54) is 0 Å². The van der Waals surface area contributed by atoms with E-state index >= 15 is 0 Å². The summed E-state index contributed by atoms with van der Waals surface area (Å²) in [7, 11) is 0. The average Bonchev–Trinajstić information content (AvgIpc) is 2.88. The summed E-state index contributed by atoms with van der Waals surface area (Å²) in [6, 6.07) is 0.458. The number of piperidine rings is 1. The number of amides is 1. The highest BCUT2D eigenvalue weighted by Crippen LogP contribution is 2.20. The molecule has 1 amide bonds. The Hall–Kier alpha value is -1.36. The van der Waals surface area contributed by atoms with E-state index in [1.807, 2.05) is 17.8 Å². The Labute approximate surface area is 114 Å². The van der Waals surface area contributed by atoms with Gasteiger partial charge in [0.2, 0.25) is 5.91 Å². The molecule has 1 aliphatic rings. The third-order valence-electron chi connectivity index (χ3n) is 3.72. The van der Waals surface area contributed by atoms with Crippen molar-refractivity contribution in [2.45, 2.75) is 45.6 Å². The second-order valence-corrected chi connectivity index (χ2v) is 5.37. The molecule has 0 aromatic carbocycles. The van der Waals surface area contributed by atoms with Crippen LogP contribution in [-0.4, -0.2) is 28.8 Å². The second-order valence-electron chi connectivity index (χ2n) is 5.37. The van der Waals surface area contributed by atoms with Crippen molar-refractivity contribution in [3.8, 4) is 0 Å². The number of carbonyl (C=O) groups excluding carboxylic acids is 1. The van der Waals surface area contributed by atoms with Gasteiger partial charge >= 0.3 is 0 Å². The molecular formula is C14H24N4O. The third kappa shape index (κ3) is 3.80. The lowest BCUT2D eigenvalue weighted by Crippen LogP contribution is -2.29. The van der Waals surface area contributed by atoms with E-state index in [9.17, 15) is 4.79 Å². The quantitative estimate of drug-likeness (QED) is 0.857. The van der Waals surface area contributed by atoms with Gasteiger partial charge in [-0.1, -0.05) is 20.3 Å². The number of nitrogens with zero attached hydrogens (tertiary/aromatic N) is 2. The average molecular weight is 264 g/mol. The summed E-state index contributed by atoms with van der Waals surface area (Å²) >= 11 is 0. The fourth-order valence-electron chi connectivity index (χ4n) is 2.50. The molecule has 0 bridgehead atoms. The largest absolute Gasteiger partial charge is 0.323 e. The molecule has 1 aliphatic heterocycles. The molecule has 106 valence electrons. The second kappa shape index (κ2) is 6.70. The lowest BCUT2D eigenvalue weighted by molar-refractivity contribution is -0.119. The Balaban J connectivity index is 1.91. The minimum absolute atomic E-state index is 0.0623. The molecule has 2 N–H and O–H groups in total. The number of aromatic nitrogens is 2. The van der Waals surface area contributed by atoms with E-state index in [4.69, 9.17) is 0 Å². The molecule has 0 saturated carbocycles. The van der Waals surface area contributed by atoms with Crippen molar-refractivity contribution in [1.82, 2.24) is 15.1 Å². The number of hydrogen-bond acceptors (Lipinski definition) is 3. The van der Waals surface area contributed by atoms with Crippen LogP contribution in [0.4, 0.5) is 5.69 Å². The first kappa shape index (κ1) is 14.1. The molecule has 0 aliphatic carbocycles. The van der Waals surface area contributed by atoms with Crippen LogP contribution in [0.3, 0.4) is 0 Å². The van der Waals surface area contributed by atoms with Crippen LogP contribution in [0.5, 0.6) is 0 Å². The van der Waals surface area contributed by atoms with Gasteiger partial charge in [0.25, 0.3) is 0 Å². The van der Waals surface area contributed by atoms with Crippen molar-refractivity contribution in [2.75, 3.05) is 18.4 Å². The van der Waals surface area contributed by atoms with Crippen LogP contribution in [0.1, 0.15) is 45.6 Å². The maximum atomic E-state index is 11.9. The summed E-state index contributed by atoms with van der Waals surface area (Å²) in [6.07, 6.45) is 7.85. The van der Waals surface area contributed by atoms with Crippen LogP contribution in [0.25, 0.3) is 0 Å². The molecule has 0 radical (unpaired) electrons. The highest BCUT2D eigenvalue weighted by Gasteiger charge is 2.17. The van der Waals surface area contributed by atoms with Crippen molar-refractivity contribution in [2.24, 2.45) is 5.92 Å². The zero-order valence-corrected chi connectivity index (χ0v) is 11.9. The maximum Gasteiger partial charge on any atom is 0.227 e. The Kier molecular flexibility index (Phi) is 4.96. The molecule has 1 saturated heterocycles. The summed E-state index contributed by atoms with van der Waals surface area (Å²) in [4.78, 5) is 11.9. The Morgan fingerprint density at radius 3 is 3.00 bits per heavy atom. The van der Waals surface area contributed by atoms with Gasteiger partial charge in [0.15, 0.2) is 0 Å². The molecule has 2 heterocycles. The lowest BCUT2D eigenvalue weighted by atomic mass is 10.1. The van der Waals surface area contributed by atoms with Gasteiger partial charge in [-0.2, -0.15) is 5.10 Å². The molecule has 5 heteroatoms. The molecule has 1 unspecified atom stereocenters. The van der Waals surface area contributed by atoms with Crippen LogP contribution >= 0.6 is 0 Å². The van der Waals surface area contributed by atoms with E-state index < -0.39 is 0 Å². The van der Waals surface area contributed by atoms with Crippen molar-refractivity contribution in [1.29, 1.82) is 0 Å². The SMILES string of the molecule is CCCC(C)C(=O)Nc1cnn(C2CCNCC2)c1.